The van der Waals surface area contributed by atoms with Crippen LogP contribution < -0.4 is 0 Å². The van der Waals surface area contributed by atoms with Crippen LogP contribution in [0.4, 0.5) is 0 Å². The highest BCUT2D eigenvalue weighted by Crippen LogP contribution is 2.77. The Kier molecular flexibility index (Phi) is 5.57. The molecule has 0 amide bonds. The predicted octanol–water partition coefficient (Wildman–Crippen LogP) is 5.97. The van der Waals surface area contributed by atoms with E-state index in [-0.39, 0.29) is 29.0 Å². The standard InChI is InChI=1S/C30H50O3/c1-19(17-31)20-9-14-30(18-32)16-15-28(5)21(25(20)30)7-8-23-27(4)12-11-24(33)26(2,3)22(27)10-13-29(23,28)6/h20-25,31-33H,1,7-18H2,2-6H3/t20-,21?,22?,23?,24-,25?,27-,28+,29+,30+/m0/s1. The van der Waals surface area contributed by atoms with Gasteiger partial charge in [-0.1, -0.05) is 41.2 Å². The molecule has 0 heterocycles. The van der Waals surface area contributed by atoms with Gasteiger partial charge in [0.2, 0.25) is 0 Å². The van der Waals surface area contributed by atoms with Crippen molar-refractivity contribution in [3.8, 4) is 0 Å². The molecule has 5 aliphatic carbocycles. The third-order valence-corrected chi connectivity index (χ3v) is 13.6. The summed E-state index contributed by atoms with van der Waals surface area (Å²) in [4.78, 5) is 0. The monoisotopic (exact) mass is 458 g/mol. The molecule has 0 radical (unpaired) electrons. The molecule has 4 unspecified atom stereocenters. The Morgan fingerprint density at radius 3 is 2.18 bits per heavy atom. The van der Waals surface area contributed by atoms with Gasteiger partial charge in [-0.15, -0.1) is 0 Å². The fraction of sp³-hybridized carbons (Fsp3) is 0.933. The molecule has 0 aromatic rings. The van der Waals surface area contributed by atoms with Gasteiger partial charge in [0, 0.05) is 6.61 Å². The average Bonchev–Trinajstić information content (AvgIpc) is 3.17. The van der Waals surface area contributed by atoms with Crippen molar-refractivity contribution in [3.05, 3.63) is 12.2 Å². The second-order valence-corrected chi connectivity index (χ2v) is 14.6. The van der Waals surface area contributed by atoms with Crippen LogP contribution in [-0.2, 0) is 0 Å². The highest BCUT2D eigenvalue weighted by molar-refractivity contribution is 5.22. The summed E-state index contributed by atoms with van der Waals surface area (Å²) in [6, 6.07) is 0. The van der Waals surface area contributed by atoms with Crippen molar-refractivity contribution in [2.24, 2.45) is 56.7 Å². The van der Waals surface area contributed by atoms with Gasteiger partial charge in [0.25, 0.3) is 0 Å². The molecule has 5 saturated carbocycles. The SMILES string of the molecule is C=C(CO)[C@@H]1CC[C@]2(CO)CC[C@]3(C)C(CCC4[C@@]5(C)CC[C@H](O)C(C)(C)C5CC[C@]43C)C12. The maximum absolute atomic E-state index is 10.9. The van der Waals surface area contributed by atoms with Crippen molar-refractivity contribution in [3.63, 3.8) is 0 Å². The summed E-state index contributed by atoms with van der Waals surface area (Å²) in [5, 5.41) is 31.5. The van der Waals surface area contributed by atoms with Crippen LogP contribution >= 0.6 is 0 Å². The smallest absolute Gasteiger partial charge is 0.0641 e. The molecule has 0 aromatic heterocycles. The van der Waals surface area contributed by atoms with Gasteiger partial charge in [0.1, 0.15) is 0 Å². The number of fused-ring (bicyclic) bond motifs is 7. The molecule has 0 bridgehead atoms. The van der Waals surface area contributed by atoms with Gasteiger partial charge in [-0.3, -0.25) is 0 Å². The summed E-state index contributed by atoms with van der Waals surface area (Å²) in [5.74, 6) is 2.74. The molecule has 33 heavy (non-hydrogen) atoms. The van der Waals surface area contributed by atoms with E-state index < -0.39 is 0 Å². The first-order chi connectivity index (χ1) is 15.4. The Hall–Kier alpha value is -0.380. The lowest BCUT2D eigenvalue weighted by molar-refractivity contribution is -0.249. The van der Waals surface area contributed by atoms with Gasteiger partial charge in [0.15, 0.2) is 0 Å². The largest absolute Gasteiger partial charge is 0.396 e. The maximum atomic E-state index is 10.9. The first-order valence-corrected chi connectivity index (χ1v) is 14.0. The second kappa shape index (κ2) is 7.56. The molecule has 0 aromatic carbocycles. The molecule has 5 aliphatic rings. The summed E-state index contributed by atoms with van der Waals surface area (Å²) in [6.07, 6.45) is 11.5. The summed E-state index contributed by atoms with van der Waals surface area (Å²) in [5.41, 5.74) is 1.92. The Balaban J connectivity index is 1.54. The quantitative estimate of drug-likeness (QED) is 0.457. The van der Waals surface area contributed by atoms with Gasteiger partial charge in [-0.05, 0) is 126 Å². The molecular formula is C30H50O3. The van der Waals surface area contributed by atoms with Crippen LogP contribution in [0.25, 0.3) is 0 Å². The summed E-state index contributed by atoms with van der Waals surface area (Å²) < 4.78 is 0. The molecule has 0 aliphatic heterocycles. The van der Waals surface area contributed by atoms with Crippen LogP contribution in [0.1, 0.15) is 98.8 Å². The minimum absolute atomic E-state index is 0.000105. The molecule has 5 fully saturated rings. The number of aliphatic hydroxyl groups excluding tert-OH is 3. The lowest BCUT2D eigenvalue weighted by Gasteiger charge is -2.73. The first kappa shape index (κ1) is 24.3. The lowest BCUT2D eigenvalue weighted by atomic mass is 9.32. The third-order valence-electron chi connectivity index (χ3n) is 13.6. The van der Waals surface area contributed by atoms with E-state index in [4.69, 9.17) is 0 Å². The normalized spacial score (nSPS) is 55.2. The van der Waals surface area contributed by atoms with E-state index in [9.17, 15) is 15.3 Å². The molecule has 3 heteroatoms. The van der Waals surface area contributed by atoms with Crippen molar-refractivity contribution < 1.29 is 15.3 Å². The van der Waals surface area contributed by atoms with Crippen molar-refractivity contribution in [1.82, 2.24) is 0 Å². The van der Waals surface area contributed by atoms with Gasteiger partial charge in [-0.25, -0.2) is 0 Å². The van der Waals surface area contributed by atoms with Gasteiger partial charge in [-0.2, -0.15) is 0 Å². The van der Waals surface area contributed by atoms with E-state index in [0.717, 1.165) is 37.7 Å². The number of aliphatic hydroxyl groups is 3. The molecule has 188 valence electrons. The van der Waals surface area contributed by atoms with Gasteiger partial charge >= 0.3 is 0 Å². The third kappa shape index (κ3) is 2.91. The predicted molar refractivity (Wildman–Crippen MR) is 133 cm³/mol. The summed E-state index contributed by atoms with van der Waals surface area (Å²) >= 11 is 0. The number of hydrogen-bond donors (Lipinski definition) is 3. The molecular weight excluding hydrogens is 408 g/mol. The number of rotatable bonds is 3. The first-order valence-electron chi connectivity index (χ1n) is 14.0. The minimum Gasteiger partial charge on any atom is -0.396 e. The Bertz CT molecular complexity index is 804. The second-order valence-electron chi connectivity index (χ2n) is 14.6. The van der Waals surface area contributed by atoms with E-state index in [1.54, 1.807) is 0 Å². The Morgan fingerprint density at radius 1 is 0.788 bits per heavy atom. The fourth-order valence-electron chi connectivity index (χ4n) is 11.6. The summed E-state index contributed by atoms with van der Waals surface area (Å²) in [7, 11) is 0. The highest BCUT2D eigenvalue weighted by Gasteiger charge is 2.70. The van der Waals surface area contributed by atoms with E-state index >= 15 is 0 Å². The molecule has 3 N–H and O–H groups in total. The molecule has 5 rings (SSSR count). The van der Waals surface area contributed by atoms with Crippen LogP contribution in [0.3, 0.4) is 0 Å². The van der Waals surface area contributed by atoms with E-state index in [0.29, 0.717) is 47.0 Å². The van der Waals surface area contributed by atoms with E-state index in [1.165, 1.54) is 32.1 Å². The zero-order chi connectivity index (χ0) is 24.0. The van der Waals surface area contributed by atoms with Crippen molar-refractivity contribution in [1.29, 1.82) is 0 Å². The van der Waals surface area contributed by atoms with Crippen molar-refractivity contribution in [2.45, 2.75) is 105 Å². The minimum atomic E-state index is -0.171. The van der Waals surface area contributed by atoms with E-state index in [1.807, 2.05) is 0 Å². The van der Waals surface area contributed by atoms with E-state index in [2.05, 4.69) is 41.2 Å². The topological polar surface area (TPSA) is 60.7 Å². The zero-order valence-corrected chi connectivity index (χ0v) is 22.0. The van der Waals surface area contributed by atoms with Gasteiger partial charge < -0.3 is 15.3 Å². The van der Waals surface area contributed by atoms with Crippen LogP contribution in [0.15, 0.2) is 12.2 Å². The van der Waals surface area contributed by atoms with Gasteiger partial charge in [0.05, 0.1) is 12.7 Å². The van der Waals surface area contributed by atoms with Crippen LogP contribution in [0.5, 0.6) is 0 Å². The highest BCUT2D eigenvalue weighted by atomic mass is 16.3. The maximum Gasteiger partial charge on any atom is 0.0641 e. The lowest BCUT2D eigenvalue weighted by Crippen LogP contribution is -2.66. The Morgan fingerprint density at radius 2 is 1.52 bits per heavy atom. The molecule has 0 spiro atoms. The van der Waals surface area contributed by atoms with Crippen LogP contribution in [0.2, 0.25) is 0 Å². The molecule has 3 nitrogen and oxygen atoms in total. The Labute approximate surface area is 202 Å². The average molecular weight is 459 g/mol. The van der Waals surface area contributed by atoms with Crippen LogP contribution in [-0.4, -0.2) is 34.6 Å². The van der Waals surface area contributed by atoms with Crippen LogP contribution in [0, 0.1) is 56.7 Å². The van der Waals surface area contributed by atoms with Crippen molar-refractivity contribution in [2.75, 3.05) is 13.2 Å². The number of hydrogen-bond acceptors (Lipinski definition) is 3. The molecule has 0 saturated heterocycles. The zero-order valence-electron chi connectivity index (χ0n) is 22.0. The molecule has 10 atom stereocenters. The summed E-state index contributed by atoms with van der Waals surface area (Å²) in [6.45, 7) is 17.2. The van der Waals surface area contributed by atoms with Crippen molar-refractivity contribution >= 4 is 0 Å². The fourth-order valence-corrected chi connectivity index (χ4v) is 11.6.